The van der Waals surface area contributed by atoms with Gasteiger partial charge in [0.05, 0.1) is 18.0 Å². The second-order valence-corrected chi connectivity index (χ2v) is 5.04. The molecule has 21 heavy (non-hydrogen) atoms. The predicted octanol–water partition coefficient (Wildman–Crippen LogP) is 3.85. The van der Waals surface area contributed by atoms with Gasteiger partial charge in [-0.2, -0.15) is 0 Å². The smallest absolute Gasteiger partial charge is 0.167 e. The van der Waals surface area contributed by atoms with Crippen molar-refractivity contribution in [3.05, 3.63) is 53.8 Å². The average molecular weight is 288 g/mol. The number of hydrogen-bond donors (Lipinski definition) is 2. The molecule has 0 aliphatic heterocycles. The maximum atomic E-state index is 13.7. The van der Waals surface area contributed by atoms with E-state index in [9.17, 15) is 4.39 Å². The molecule has 0 aliphatic carbocycles. The van der Waals surface area contributed by atoms with Crippen LogP contribution in [-0.2, 0) is 6.42 Å². The lowest BCUT2D eigenvalue weighted by atomic mass is 10.1. The molecular weight excluding hydrogens is 267 g/mol. The number of nitrogens with one attached hydrogen (secondary N) is 1. The number of nitrogens with two attached hydrogens (primary N) is 1. The summed E-state index contributed by atoms with van der Waals surface area (Å²) in [5.74, 6) is -0.211. The lowest BCUT2D eigenvalue weighted by Gasteiger charge is -2.18. The Kier molecular flexibility index (Phi) is 5.04. The second kappa shape index (κ2) is 6.97. The van der Waals surface area contributed by atoms with Crippen LogP contribution in [0.3, 0.4) is 0 Å². The van der Waals surface area contributed by atoms with Crippen LogP contribution in [0.25, 0.3) is 0 Å². The Bertz CT molecular complexity index is 587. The van der Waals surface area contributed by atoms with E-state index in [-0.39, 0.29) is 11.8 Å². The molecule has 4 heteroatoms. The van der Waals surface area contributed by atoms with E-state index in [1.165, 1.54) is 11.6 Å². The summed E-state index contributed by atoms with van der Waals surface area (Å²) in [4.78, 5) is 0. The summed E-state index contributed by atoms with van der Waals surface area (Å²) in [7, 11) is 0. The summed E-state index contributed by atoms with van der Waals surface area (Å²) >= 11 is 0. The Hall–Kier alpha value is -2.23. The van der Waals surface area contributed by atoms with Gasteiger partial charge in [0.25, 0.3) is 0 Å². The zero-order valence-corrected chi connectivity index (χ0v) is 12.4. The van der Waals surface area contributed by atoms with Gasteiger partial charge < -0.3 is 15.8 Å². The Labute approximate surface area is 124 Å². The highest BCUT2D eigenvalue weighted by molar-refractivity contribution is 5.69. The van der Waals surface area contributed by atoms with E-state index in [1.807, 2.05) is 25.1 Å². The molecule has 2 aromatic carbocycles. The third-order valence-corrected chi connectivity index (χ3v) is 3.19. The largest absolute Gasteiger partial charge is 0.491 e. The van der Waals surface area contributed by atoms with Gasteiger partial charge in [-0.15, -0.1) is 0 Å². The minimum absolute atomic E-state index is 0.176. The van der Waals surface area contributed by atoms with E-state index in [0.717, 1.165) is 6.42 Å². The third kappa shape index (κ3) is 4.12. The summed E-state index contributed by atoms with van der Waals surface area (Å²) in [6.45, 7) is 4.30. The van der Waals surface area contributed by atoms with Crippen LogP contribution in [0, 0.1) is 5.82 Å². The summed E-state index contributed by atoms with van der Waals surface area (Å²) in [5.41, 5.74) is 8.19. The molecule has 0 fully saturated rings. The number of hydrogen-bond acceptors (Lipinski definition) is 3. The predicted molar refractivity (Wildman–Crippen MR) is 85.2 cm³/mol. The minimum atomic E-state index is -0.435. The topological polar surface area (TPSA) is 47.3 Å². The molecule has 2 aromatic rings. The van der Waals surface area contributed by atoms with E-state index >= 15 is 0 Å². The lowest BCUT2D eigenvalue weighted by molar-refractivity contribution is 0.322. The number of nitrogen functional groups attached to an aromatic ring is 1. The van der Waals surface area contributed by atoms with Crippen molar-refractivity contribution in [2.75, 3.05) is 17.7 Å². The van der Waals surface area contributed by atoms with Crippen molar-refractivity contribution >= 4 is 11.4 Å². The SMILES string of the molecule is CCOc1cc(NC(C)Cc2ccccc2)c(N)cc1F. The third-order valence-electron chi connectivity index (χ3n) is 3.19. The zero-order valence-electron chi connectivity index (χ0n) is 12.4. The molecule has 112 valence electrons. The molecule has 3 N–H and O–H groups in total. The van der Waals surface area contributed by atoms with Crippen LogP contribution in [0.2, 0.25) is 0 Å². The van der Waals surface area contributed by atoms with Crippen LogP contribution in [0.1, 0.15) is 19.4 Å². The molecule has 2 rings (SSSR count). The monoisotopic (exact) mass is 288 g/mol. The molecule has 3 nitrogen and oxygen atoms in total. The molecule has 1 unspecified atom stereocenters. The number of anilines is 2. The Balaban J connectivity index is 2.09. The summed E-state index contributed by atoms with van der Waals surface area (Å²) in [6, 6.07) is 13.3. The van der Waals surface area contributed by atoms with E-state index in [1.54, 1.807) is 6.07 Å². The first-order chi connectivity index (χ1) is 10.1. The quantitative estimate of drug-likeness (QED) is 0.794. The molecule has 0 saturated carbocycles. The van der Waals surface area contributed by atoms with Crippen molar-refractivity contribution in [1.29, 1.82) is 0 Å². The summed E-state index contributed by atoms with van der Waals surface area (Å²) in [6.07, 6.45) is 0.863. The van der Waals surface area contributed by atoms with Crippen molar-refractivity contribution in [2.24, 2.45) is 0 Å². The number of benzene rings is 2. The van der Waals surface area contributed by atoms with Gasteiger partial charge in [0.1, 0.15) is 0 Å². The highest BCUT2D eigenvalue weighted by atomic mass is 19.1. The number of halogens is 1. The van der Waals surface area contributed by atoms with Gasteiger partial charge in [-0.05, 0) is 25.8 Å². The minimum Gasteiger partial charge on any atom is -0.491 e. The second-order valence-electron chi connectivity index (χ2n) is 5.04. The van der Waals surface area contributed by atoms with Crippen LogP contribution >= 0.6 is 0 Å². The van der Waals surface area contributed by atoms with E-state index in [2.05, 4.69) is 24.4 Å². The molecule has 0 aromatic heterocycles. The fourth-order valence-electron chi connectivity index (χ4n) is 2.24. The van der Waals surface area contributed by atoms with Crippen LogP contribution < -0.4 is 15.8 Å². The van der Waals surface area contributed by atoms with E-state index < -0.39 is 5.82 Å². The molecule has 0 radical (unpaired) electrons. The molecule has 0 amide bonds. The van der Waals surface area contributed by atoms with Gasteiger partial charge >= 0.3 is 0 Å². The lowest BCUT2D eigenvalue weighted by Crippen LogP contribution is -2.19. The highest BCUT2D eigenvalue weighted by Gasteiger charge is 2.11. The first kappa shape index (κ1) is 15.2. The molecule has 0 heterocycles. The van der Waals surface area contributed by atoms with Gasteiger partial charge in [-0.25, -0.2) is 4.39 Å². The molecule has 0 bridgehead atoms. The maximum absolute atomic E-state index is 13.7. The van der Waals surface area contributed by atoms with Crippen molar-refractivity contribution in [2.45, 2.75) is 26.3 Å². The maximum Gasteiger partial charge on any atom is 0.167 e. The number of ether oxygens (including phenoxy) is 1. The van der Waals surface area contributed by atoms with Crippen molar-refractivity contribution in [3.63, 3.8) is 0 Å². The Morgan fingerprint density at radius 1 is 1.24 bits per heavy atom. The molecule has 0 spiro atoms. The highest BCUT2D eigenvalue weighted by Crippen LogP contribution is 2.29. The molecule has 1 atom stereocenters. The summed E-state index contributed by atoms with van der Waals surface area (Å²) in [5, 5.41) is 3.31. The molecule has 0 saturated heterocycles. The first-order valence-corrected chi connectivity index (χ1v) is 7.12. The van der Waals surface area contributed by atoms with E-state index in [4.69, 9.17) is 10.5 Å². The van der Waals surface area contributed by atoms with Crippen LogP contribution in [0.4, 0.5) is 15.8 Å². The fourth-order valence-corrected chi connectivity index (χ4v) is 2.24. The first-order valence-electron chi connectivity index (χ1n) is 7.12. The van der Waals surface area contributed by atoms with Crippen LogP contribution in [0.5, 0.6) is 5.75 Å². The van der Waals surface area contributed by atoms with Gasteiger partial charge in [0.15, 0.2) is 11.6 Å². The Morgan fingerprint density at radius 3 is 2.62 bits per heavy atom. The van der Waals surface area contributed by atoms with Gasteiger partial charge in [0, 0.05) is 18.2 Å². The Morgan fingerprint density at radius 2 is 1.95 bits per heavy atom. The van der Waals surface area contributed by atoms with Crippen molar-refractivity contribution in [3.8, 4) is 5.75 Å². The average Bonchev–Trinajstić information content (AvgIpc) is 2.45. The van der Waals surface area contributed by atoms with Crippen LogP contribution in [0.15, 0.2) is 42.5 Å². The normalized spacial score (nSPS) is 12.0. The summed E-state index contributed by atoms with van der Waals surface area (Å²) < 4.78 is 18.9. The van der Waals surface area contributed by atoms with Gasteiger partial charge in [-0.3, -0.25) is 0 Å². The van der Waals surface area contributed by atoms with Gasteiger partial charge in [0.2, 0.25) is 0 Å². The number of rotatable bonds is 6. The molecule has 0 aliphatic rings. The van der Waals surface area contributed by atoms with Gasteiger partial charge in [-0.1, -0.05) is 30.3 Å². The van der Waals surface area contributed by atoms with Crippen LogP contribution in [-0.4, -0.2) is 12.6 Å². The van der Waals surface area contributed by atoms with Crippen molar-refractivity contribution < 1.29 is 9.13 Å². The van der Waals surface area contributed by atoms with E-state index in [0.29, 0.717) is 18.0 Å². The molecular formula is C17H21FN2O. The fraction of sp³-hybridized carbons (Fsp3) is 0.294. The standard InChI is InChI=1S/C17H21FN2O/c1-3-21-17-11-16(15(19)10-14(17)18)20-12(2)9-13-7-5-4-6-8-13/h4-8,10-12,20H,3,9,19H2,1-2H3. The van der Waals surface area contributed by atoms with Crippen molar-refractivity contribution in [1.82, 2.24) is 0 Å². The zero-order chi connectivity index (χ0) is 15.2.